The van der Waals surface area contributed by atoms with Crippen molar-refractivity contribution in [1.82, 2.24) is 9.80 Å². The van der Waals surface area contributed by atoms with E-state index in [1.54, 1.807) is 20.3 Å². The van der Waals surface area contributed by atoms with E-state index in [2.05, 4.69) is 4.90 Å². The lowest BCUT2D eigenvalue weighted by molar-refractivity contribution is 0.0584. The number of methoxy groups -OCH3 is 2. The zero-order valence-electron chi connectivity index (χ0n) is 20.6. The number of likely N-dealkylation sites (tertiary alicyclic amines) is 1. The van der Waals surface area contributed by atoms with Gasteiger partial charge in [0.2, 0.25) is 0 Å². The number of piperidine rings is 1. The Labute approximate surface area is 211 Å². The second-order valence-corrected chi connectivity index (χ2v) is 9.91. The summed E-state index contributed by atoms with van der Waals surface area (Å²) >= 11 is 1.51. The summed E-state index contributed by atoms with van der Waals surface area (Å²) in [6.45, 7) is 2.64. The zero-order valence-corrected chi connectivity index (χ0v) is 21.4. The standard InChI is InChI=1S/C28H33FN2O3S/c1-30(28(32)23-10-13-35-19-23)27(16-22-6-4-5-7-26(22)29)21-8-11-31(12-9-21)18-20-14-24(33-2)17-25(15-20)34-3/h4-7,10,13-15,17,19,21,27H,8-9,11-12,16,18H2,1-3H3/t27-/m0/s1. The molecule has 7 heteroatoms. The first-order valence-electron chi connectivity index (χ1n) is 12.0. The Morgan fingerprint density at radius 3 is 2.40 bits per heavy atom. The molecule has 3 aromatic rings. The number of nitrogens with zero attached hydrogens (tertiary/aromatic N) is 2. The molecule has 2 heterocycles. The van der Waals surface area contributed by atoms with Gasteiger partial charge in [-0.15, -0.1) is 0 Å². The number of ether oxygens (including phenoxy) is 2. The molecular formula is C28H33FN2O3S. The number of benzene rings is 2. The molecule has 0 bridgehead atoms. The van der Waals surface area contributed by atoms with Gasteiger partial charge >= 0.3 is 0 Å². The molecule has 1 atom stereocenters. The van der Waals surface area contributed by atoms with Crippen molar-refractivity contribution in [3.05, 3.63) is 81.8 Å². The Balaban J connectivity index is 1.47. The number of hydrogen-bond donors (Lipinski definition) is 0. The smallest absolute Gasteiger partial charge is 0.254 e. The molecule has 0 spiro atoms. The maximum atomic E-state index is 14.6. The normalized spacial score (nSPS) is 15.5. The Morgan fingerprint density at radius 1 is 1.11 bits per heavy atom. The van der Waals surface area contributed by atoms with E-state index in [4.69, 9.17) is 9.47 Å². The van der Waals surface area contributed by atoms with Gasteiger partial charge in [0.1, 0.15) is 17.3 Å². The largest absolute Gasteiger partial charge is 0.497 e. The number of hydrogen-bond acceptors (Lipinski definition) is 5. The molecule has 0 saturated carbocycles. The summed E-state index contributed by atoms with van der Waals surface area (Å²) in [4.78, 5) is 17.5. The number of rotatable bonds is 9. The van der Waals surface area contributed by atoms with E-state index in [1.165, 1.54) is 17.4 Å². The molecule has 2 aromatic carbocycles. The van der Waals surface area contributed by atoms with E-state index in [9.17, 15) is 9.18 Å². The van der Waals surface area contributed by atoms with Crippen molar-refractivity contribution < 1.29 is 18.7 Å². The molecule has 1 amide bonds. The highest BCUT2D eigenvalue weighted by Gasteiger charge is 2.32. The average Bonchev–Trinajstić information content (AvgIpc) is 3.43. The van der Waals surface area contributed by atoms with Crippen molar-refractivity contribution >= 4 is 17.2 Å². The van der Waals surface area contributed by atoms with Crippen molar-refractivity contribution in [3.63, 3.8) is 0 Å². The van der Waals surface area contributed by atoms with Gasteiger partial charge < -0.3 is 14.4 Å². The number of carbonyl (C=O) groups excluding carboxylic acids is 1. The van der Waals surface area contributed by atoms with Crippen molar-refractivity contribution in [2.75, 3.05) is 34.4 Å². The quantitative estimate of drug-likeness (QED) is 0.392. The van der Waals surface area contributed by atoms with E-state index in [-0.39, 0.29) is 17.8 Å². The third-order valence-corrected chi connectivity index (χ3v) is 7.65. The second kappa shape index (κ2) is 11.7. The lowest BCUT2D eigenvalue weighted by Gasteiger charge is -2.40. The maximum Gasteiger partial charge on any atom is 0.254 e. The van der Waals surface area contributed by atoms with Crippen LogP contribution >= 0.6 is 11.3 Å². The van der Waals surface area contributed by atoms with Crippen LogP contribution in [0.1, 0.15) is 34.3 Å². The van der Waals surface area contributed by atoms with Gasteiger partial charge in [0.05, 0.1) is 19.8 Å². The van der Waals surface area contributed by atoms with Crippen molar-refractivity contribution in [3.8, 4) is 11.5 Å². The molecule has 1 saturated heterocycles. The van der Waals surface area contributed by atoms with Gasteiger partial charge in [-0.05, 0) is 79.0 Å². The van der Waals surface area contributed by atoms with Gasteiger partial charge in [-0.2, -0.15) is 11.3 Å². The molecule has 1 aliphatic heterocycles. The summed E-state index contributed by atoms with van der Waals surface area (Å²) in [7, 11) is 5.18. The first-order chi connectivity index (χ1) is 17.0. The fourth-order valence-electron chi connectivity index (χ4n) is 4.96. The molecule has 0 aliphatic carbocycles. The Kier molecular flexibility index (Phi) is 8.42. The predicted octanol–water partition coefficient (Wildman–Crippen LogP) is 5.50. The highest BCUT2D eigenvalue weighted by Crippen LogP contribution is 2.30. The summed E-state index contributed by atoms with van der Waals surface area (Å²) in [5.41, 5.74) is 2.50. The Hall–Kier alpha value is -2.90. The maximum absolute atomic E-state index is 14.6. The molecule has 0 N–H and O–H groups in total. The van der Waals surface area contributed by atoms with E-state index in [0.717, 1.165) is 49.5 Å². The van der Waals surface area contributed by atoms with Gasteiger partial charge in [-0.1, -0.05) is 18.2 Å². The molecule has 35 heavy (non-hydrogen) atoms. The molecule has 0 radical (unpaired) electrons. The molecule has 4 rings (SSSR count). The van der Waals surface area contributed by atoms with Gasteiger partial charge in [0, 0.05) is 31.1 Å². The van der Waals surface area contributed by atoms with Crippen LogP contribution in [0.5, 0.6) is 11.5 Å². The van der Waals surface area contributed by atoms with E-state index in [0.29, 0.717) is 23.5 Å². The first kappa shape index (κ1) is 25.2. The van der Waals surface area contributed by atoms with Crippen LogP contribution in [0, 0.1) is 11.7 Å². The lowest BCUT2D eigenvalue weighted by atomic mass is 9.84. The number of carbonyl (C=O) groups is 1. The fraction of sp³-hybridized carbons (Fsp3) is 0.393. The van der Waals surface area contributed by atoms with Crippen LogP contribution in [0.3, 0.4) is 0 Å². The van der Waals surface area contributed by atoms with Crippen molar-refractivity contribution in [2.24, 2.45) is 5.92 Å². The molecule has 0 unspecified atom stereocenters. The van der Waals surface area contributed by atoms with Gasteiger partial charge in [-0.3, -0.25) is 9.69 Å². The first-order valence-corrected chi connectivity index (χ1v) is 12.9. The summed E-state index contributed by atoms with van der Waals surface area (Å²) in [5.74, 6) is 1.65. The molecular weight excluding hydrogens is 463 g/mol. The minimum atomic E-state index is -0.210. The van der Waals surface area contributed by atoms with Crippen LogP contribution in [-0.2, 0) is 13.0 Å². The average molecular weight is 497 g/mol. The van der Waals surface area contributed by atoms with Crippen molar-refractivity contribution in [1.29, 1.82) is 0 Å². The summed E-state index contributed by atoms with van der Waals surface area (Å²) in [6, 6.07) is 14.7. The number of halogens is 1. The van der Waals surface area contributed by atoms with Gasteiger partial charge in [-0.25, -0.2) is 4.39 Å². The van der Waals surface area contributed by atoms with Crippen LogP contribution in [0.4, 0.5) is 4.39 Å². The van der Waals surface area contributed by atoms with Crippen LogP contribution in [0.25, 0.3) is 0 Å². The third-order valence-electron chi connectivity index (χ3n) is 6.97. The fourth-order valence-corrected chi connectivity index (χ4v) is 5.59. The number of likely N-dealkylation sites (N-methyl/N-ethyl adjacent to an activating group) is 1. The summed E-state index contributed by atoms with van der Waals surface area (Å²) < 4.78 is 25.4. The van der Waals surface area contributed by atoms with E-state index >= 15 is 0 Å². The number of amides is 1. The SMILES string of the molecule is COc1cc(CN2CCC([C@H](Cc3ccccc3F)N(C)C(=O)c3ccsc3)CC2)cc(OC)c1. The third kappa shape index (κ3) is 6.21. The van der Waals surface area contributed by atoms with Crippen molar-refractivity contribution in [2.45, 2.75) is 31.8 Å². The highest BCUT2D eigenvalue weighted by molar-refractivity contribution is 7.08. The zero-order chi connectivity index (χ0) is 24.8. The monoisotopic (exact) mass is 496 g/mol. The molecule has 186 valence electrons. The summed E-state index contributed by atoms with van der Waals surface area (Å²) in [5, 5.41) is 3.79. The topological polar surface area (TPSA) is 42.0 Å². The molecule has 1 aromatic heterocycles. The molecule has 1 aliphatic rings. The Bertz CT molecular complexity index is 1090. The highest BCUT2D eigenvalue weighted by atomic mass is 32.1. The molecule has 5 nitrogen and oxygen atoms in total. The summed E-state index contributed by atoms with van der Waals surface area (Å²) in [6.07, 6.45) is 2.40. The van der Waals surface area contributed by atoms with Crippen LogP contribution in [0.2, 0.25) is 0 Å². The van der Waals surface area contributed by atoms with Crippen LogP contribution in [0.15, 0.2) is 59.3 Å². The molecule has 1 fully saturated rings. The van der Waals surface area contributed by atoms with Crippen LogP contribution in [-0.4, -0.2) is 56.1 Å². The Morgan fingerprint density at radius 2 is 1.80 bits per heavy atom. The van der Waals surface area contributed by atoms with E-state index in [1.807, 2.05) is 59.1 Å². The van der Waals surface area contributed by atoms with Gasteiger partial charge in [0.25, 0.3) is 5.91 Å². The van der Waals surface area contributed by atoms with E-state index < -0.39 is 0 Å². The number of thiophene rings is 1. The minimum absolute atomic E-state index is 0.00139. The minimum Gasteiger partial charge on any atom is -0.497 e. The predicted molar refractivity (Wildman–Crippen MR) is 138 cm³/mol. The lowest BCUT2D eigenvalue weighted by Crippen LogP contribution is -2.47. The second-order valence-electron chi connectivity index (χ2n) is 9.13. The van der Waals surface area contributed by atoms with Gasteiger partial charge in [0.15, 0.2) is 0 Å². The van der Waals surface area contributed by atoms with Crippen LogP contribution < -0.4 is 9.47 Å².